The normalized spacial score (nSPS) is 28.2. The van der Waals surface area contributed by atoms with Gasteiger partial charge in [0.05, 0.1) is 30.8 Å². The number of amides is 2. The summed E-state index contributed by atoms with van der Waals surface area (Å²) in [6.45, 7) is -0.229. The number of ketones is 2. The summed E-state index contributed by atoms with van der Waals surface area (Å²) in [5, 5.41) is 20.3. The Kier molecular flexibility index (Phi) is 7.42. The molecule has 9 heteroatoms. The number of fused-ring (bicyclic) bond motifs is 4. The minimum Gasteiger partial charge on any atom is -0.504 e. The number of hydrogen-bond acceptors (Lipinski definition) is 7. The number of nitrogens with zero attached hydrogens (tertiary/aromatic N) is 1. The molecule has 4 aliphatic rings. The molecule has 2 fully saturated rings. The summed E-state index contributed by atoms with van der Waals surface area (Å²) in [4.78, 5) is 69.8. The number of phenols is 1. The molecule has 1 saturated heterocycles. The third-order valence-electron chi connectivity index (χ3n) is 10.6. The van der Waals surface area contributed by atoms with Crippen LogP contribution in [-0.4, -0.2) is 58.1 Å². The van der Waals surface area contributed by atoms with Crippen molar-refractivity contribution in [1.82, 2.24) is 4.90 Å². The van der Waals surface area contributed by atoms with Crippen LogP contribution in [-0.2, 0) is 29.4 Å². The van der Waals surface area contributed by atoms with E-state index in [-0.39, 0.29) is 48.9 Å². The molecule has 3 aromatic rings. The number of carbonyl (C=O) groups excluding carboxylic acids is 4. The second kappa shape index (κ2) is 11.5. The number of benzene rings is 3. The van der Waals surface area contributed by atoms with Crippen LogP contribution in [0.2, 0.25) is 0 Å². The fourth-order valence-corrected chi connectivity index (χ4v) is 8.63. The Labute approximate surface area is 271 Å². The Morgan fingerprint density at radius 2 is 1.64 bits per heavy atom. The standard InChI is InChI=1S/C38H33NO8/c1-47-30-15-12-22(18-29(30)40)34-24-13-14-25-33(37(46)39(36(25)45)17-16-32(42)43)27(24)19-28-35(44)26(21-8-4-2-5-9-21)20-31(41)38(28,34)23-10-6-3-7-11-23/h2-13,15,18,20,25,27-28,33-34,40H,14,16-17,19H2,1H3,(H,42,43)/t25-,27+,28-,33-,34-,38-/m0/s1. The number of Topliss-reactive ketones (excluding diaryl/α,β-unsaturated/α-hetero) is 1. The lowest BCUT2D eigenvalue weighted by Gasteiger charge is -2.55. The number of aliphatic carboxylic acids is 1. The van der Waals surface area contributed by atoms with Gasteiger partial charge in [-0.2, -0.15) is 0 Å². The minimum atomic E-state index is -1.42. The first kappa shape index (κ1) is 30.3. The van der Waals surface area contributed by atoms with Gasteiger partial charge >= 0.3 is 5.97 Å². The van der Waals surface area contributed by atoms with Crippen LogP contribution in [0.3, 0.4) is 0 Å². The van der Waals surface area contributed by atoms with E-state index >= 15 is 0 Å². The molecule has 9 nitrogen and oxygen atoms in total. The zero-order valence-electron chi connectivity index (χ0n) is 25.7. The molecule has 1 aliphatic heterocycles. The number of carboxylic acids is 1. The highest BCUT2D eigenvalue weighted by Gasteiger charge is 2.65. The molecule has 0 radical (unpaired) electrons. The van der Waals surface area contributed by atoms with Crippen LogP contribution in [0.5, 0.6) is 11.5 Å². The maximum atomic E-state index is 15.0. The molecule has 2 N–H and O–H groups in total. The fourth-order valence-electron chi connectivity index (χ4n) is 8.63. The maximum absolute atomic E-state index is 15.0. The van der Waals surface area contributed by atoms with E-state index in [4.69, 9.17) is 4.74 Å². The van der Waals surface area contributed by atoms with Crippen molar-refractivity contribution in [2.45, 2.75) is 30.6 Å². The first-order chi connectivity index (χ1) is 22.7. The molecule has 0 aromatic heterocycles. The molecule has 7 rings (SSSR count). The number of hydrogen-bond donors (Lipinski definition) is 2. The van der Waals surface area contributed by atoms with E-state index in [0.29, 0.717) is 22.3 Å². The van der Waals surface area contributed by atoms with Crippen LogP contribution in [0.4, 0.5) is 0 Å². The first-order valence-electron chi connectivity index (χ1n) is 15.7. The van der Waals surface area contributed by atoms with Gasteiger partial charge in [0, 0.05) is 24.0 Å². The van der Waals surface area contributed by atoms with Gasteiger partial charge < -0.3 is 14.9 Å². The number of carboxylic acid groups (broad SMARTS) is 1. The van der Waals surface area contributed by atoms with Crippen molar-refractivity contribution in [2.24, 2.45) is 23.7 Å². The molecule has 3 aliphatic carbocycles. The average molecular weight is 632 g/mol. The molecule has 2 amide bonds. The van der Waals surface area contributed by atoms with E-state index in [1.165, 1.54) is 13.2 Å². The van der Waals surface area contributed by atoms with Gasteiger partial charge in [-0.15, -0.1) is 0 Å². The van der Waals surface area contributed by atoms with Crippen molar-refractivity contribution in [1.29, 1.82) is 0 Å². The van der Waals surface area contributed by atoms with E-state index in [2.05, 4.69) is 0 Å². The van der Waals surface area contributed by atoms with Crippen molar-refractivity contribution in [3.63, 3.8) is 0 Å². The highest BCUT2D eigenvalue weighted by Crippen LogP contribution is 2.63. The lowest BCUT2D eigenvalue weighted by molar-refractivity contribution is -0.142. The average Bonchev–Trinajstić information content (AvgIpc) is 3.33. The van der Waals surface area contributed by atoms with Gasteiger partial charge in [0.1, 0.15) is 0 Å². The van der Waals surface area contributed by atoms with E-state index in [1.54, 1.807) is 42.5 Å². The number of imide groups is 1. The third-order valence-corrected chi connectivity index (χ3v) is 10.6. The summed E-state index contributed by atoms with van der Waals surface area (Å²) >= 11 is 0. The summed E-state index contributed by atoms with van der Waals surface area (Å²) in [5.74, 6) is -6.13. The van der Waals surface area contributed by atoms with Gasteiger partial charge in [0.15, 0.2) is 23.1 Å². The Morgan fingerprint density at radius 1 is 0.936 bits per heavy atom. The van der Waals surface area contributed by atoms with E-state index < -0.39 is 52.8 Å². The Hall–Kier alpha value is -5.31. The molecular weight excluding hydrogens is 598 g/mol. The largest absolute Gasteiger partial charge is 0.504 e. The number of phenolic OH excluding ortho intramolecular Hbond substituents is 1. The van der Waals surface area contributed by atoms with E-state index in [0.717, 1.165) is 10.5 Å². The number of methoxy groups -OCH3 is 1. The van der Waals surface area contributed by atoms with Gasteiger partial charge in [-0.25, -0.2) is 0 Å². The predicted octanol–water partition coefficient (Wildman–Crippen LogP) is 4.70. The Balaban J connectivity index is 1.47. The summed E-state index contributed by atoms with van der Waals surface area (Å²) in [5.41, 5.74) is 1.46. The quantitative estimate of drug-likeness (QED) is 0.283. The number of allylic oxidation sites excluding steroid dienone is 4. The molecule has 1 saturated carbocycles. The first-order valence-corrected chi connectivity index (χ1v) is 15.7. The Morgan fingerprint density at radius 3 is 2.30 bits per heavy atom. The van der Waals surface area contributed by atoms with Crippen molar-refractivity contribution >= 4 is 34.9 Å². The minimum absolute atomic E-state index is 0.136. The molecular formula is C38H33NO8. The van der Waals surface area contributed by atoms with Gasteiger partial charge in [-0.3, -0.25) is 28.9 Å². The number of carbonyl (C=O) groups is 5. The zero-order chi connectivity index (χ0) is 33.0. The van der Waals surface area contributed by atoms with Crippen molar-refractivity contribution in [2.75, 3.05) is 13.7 Å². The molecule has 0 bridgehead atoms. The second-order valence-corrected chi connectivity index (χ2v) is 12.7. The van der Waals surface area contributed by atoms with Crippen LogP contribution in [0.15, 0.2) is 96.6 Å². The van der Waals surface area contributed by atoms with E-state index in [1.807, 2.05) is 42.5 Å². The maximum Gasteiger partial charge on any atom is 0.305 e. The highest BCUT2D eigenvalue weighted by atomic mass is 16.5. The second-order valence-electron chi connectivity index (χ2n) is 12.7. The number of aromatic hydroxyl groups is 1. The smallest absolute Gasteiger partial charge is 0.305 e. The van der Waals surface area contributed by atoms with Crippen molar-refractivity contribution in [3.05, 3.63) is 113 Å². The van der Waals surface area contributed by atoms with Gasteiger partial charge in [0.25, 0.3) is 0 Å². The lowest BCUT2D eigenvalue weighted by atomic mass is 9.44. The molecule has 0 spiro atoms. The van der Waals surface area contributed by atoms with Gasteiger partial charge in [-0.05, 0) is 53.7 Å². The topological polar surface area (TPSA) is 138 Å². The summed E-state index contributed by atoms with van der Waals surface area (Å²) in [6.07, 6.45) is 3.38. The number of likely N-dealkylation sites (tertiary alicyclic amines) is 1. The molecule has 238 valence electrons. The number of ether oxygens (including phenoxy) is 1. The van der Waals surface area contributed by atoms with Gasteiger partial charge in [0.2, 0.25) is 11.8 Å². The molecule has 3 aromatic carbocycles. The summed E-state index contributed by atoms with van der Waals surface area (Å²) < 4.78 is 5.32. The molecule has 6 atom stereocenters. The fraction of sp³-hybridized carbons (Fsp3) is 0.289. The molecule has 47 heavy (non-hydrogen) atoms. The number of rotatable bonds is 7. The van der Waals surface area contributed by atoms with E-state index in [9.17, 15) is 34.2 Å². The molecule has 0 unspecified atom stereocenters. The van der Waals surface area contributed by atoms with Crippen molar-refractivity contribution in [3.8, 4) is 11.5 Å². The highest BCUT2D eigenvalue weighted by molar-refractivity contribution is 6.31. The third kappa shape index (κ3) is 4.55. The van der Waals surface area contributed by atoms with Crippen LogP contribution < -0.4 is 4.74 Å². The summed E-state index contributed by atoms with van der Waals surface area (Å²) in [7, 11) is 1.44. The predicted molar refractivity (Wildman–Crippen MR) is 170 cm³/mol. The lowest BCUT2D eigenvalue weighted by Crippen LogP contribution is -2.58. The monoisotopic (exact) mass is 631 g/mol. The van der Waals surface area contributed by atoms with Gasteiger partial charge in [-0.1, -0.05) is 78.4 Å². The van der Waals surface area contributed by atoms with Crippen LogP contribution in [0, 0.1) is 23.7 Å². The SMILES string of the molecule is COc1ccc([C@H]2C3=CC[C@@H]4C(=O)N(CCC(=O)O)C(=O)[C@@H]4[C@@H]3C[C@H]3C(=O)C(c4ccccc4)=CC(=O)[C@@]23c2ccccc2)cc1O. The Bertz CT molecular complexity index is 1880. The summed E-state index contributed by atoms with van der Waals surface area (Å²) in [6, 6.07) is 23.1. The van der Waals surface area contributed by atoms with Crippen LogP contribution >= 0.6 is 0 Å². The van der Waals surface area contributed by atoms with Crippen LogP contribution in [0.25, 0.3) is 5.57 Å². The zero-order valence-corrected chi connectivity index (χ0v) is 25.7. The van der Waals surface area contributed by atoms with Crippen LogP contribution in [0.1, 0.15) is 41.9 Å². The molecule has 1 heterocycles. The van der Waals surface area contributed by atoms with Crippen molar-refractivity contribution < 1.29 is 38.9 Å².